The van der Waals surface area contributed by atoms with Gasteiger partial charge < -0.3 is 20.4 Å². The highest BCUT2D eigenvalue weighted by molar-refractivity contribution is 5.82. The second-order valence-corrected chi connectivity index (χ2v) is 7.60. The van der Waals surface area contributed by atoms with E-state index in [1.54, 1.807) is 0 Å². The standard InChI is InChI=1S/C20H32N2O3/c1-14(2)11-18(20(25)22-9-7-16(13-23)8-10-22)21-12-17-6-4-5-15(3)19(17)24/h4-6,14,16,18,21,23-24H,7-13H2,1-3H3. The Morgan fingerprint density at radius 2 is 2.00 bits per heavy atom. The maximum Gasteiger partial charge on any atom is 0.239 e. The molecule has 1 unspecified atom stereocenters. The molecule has 25 heavy (non-hydrogen) atoms. The molecule has 140 valence electrons. The molecule has 2 rings (SSSR count). The summed E-state index contributed by atoms with van der Waals surface area (Å²) < 4.78 is 0. The first kappa shape index (κ1) is 19.7. The third-order valence-corrected chi connectivity index (χ3v) is 5.05. The monoisotopic (exact) mass is 348 g/mol. The van der Waals surface area contributed by atoms with Crippen LogP contribution in [0, 0.1) is 18.8 Å². The lowest BCUT2D eigenvalue weighted by Gasteiger charge is -2.34. The molecule has 1 amide bonds. The lowest BCUT2D eigenvalue weighted by Crippen LogP contribution is -2.49. The number of nitrogens with zero attached hydrogens (tertiary/aromatic N) is 1. The molecule has 1 heterocycles. The van der Waals surface area contributed by atoms with Gasteiger partial charge in [0.1, 0.15) is 5.75 Å². The van der Waals surface area contributed by atoms with Gasteiger partial charge >= 0.3 is 0 Å². The van der Waals surface area contributed by atoms with E-state index in [9.17, 15) is 15.0 Å². The van der Waals surface area contributed by atoms with Gasteiger partial charge in [-0.1, -0.05) is 32.0 Å². The van der Waals surface area contributed by atoms with E-state index in [0.717, 1.165) is 43.5 Å². The number of aryl methyl sites for hydroxylation is 1. The summed E-state index contributed by atoms with van der Waals surface area (Å²) in [5.74, 6) is 1.17. The zero-order valence-electron chi connectivity index (χ0n) is 15.7. The highest BCUT2D eigenvalue weighted by Gasteiger charge is 2.28. The fraction of sp³-hybridized carbons (Fsp3) is 0.650. The number of benzene rings is 1. The topological polar surface area (TPSA) is 72.8 Å². The van der Waals surface area contributed by atoms with Crippen LogP contribution in [0.15, 0.2) is 18.2 Å². The van der Waals surface area contributed by atoms with Crippen molar-refractivity contribution in [2.24, 2.45) is 11.8 Å². The number of hydrogen-bond acceptors (Lipinski definition) is 4. The third kappa shape index (κ3) is 5.44. The summed E-state index contributed by atoms with van der Waals surface area (Å²) in [5.41, 5.74) is 1.66. The lowest BCUT2D eigenvalue weighted by molar-refractivity contribution is -0.135. The van der Waals surface area contributed by atoms with Crippen LogP contribution in [-0.2, 0) is 11.3 Å². The van der Waals surface area contributed by atoms with E-state index in [1.807, 2.05) is 30.0 Å². The molecule has 1 aromatic rings. The Balaban J connectivity index is 2.00. The molecule has 3 N–H and O–H groups in total. The lowest BCUT2D eigenvalue weighted by atomic mass is 9.96. The van der Waals surface area contributed by atoms with Crippen LogP contribution in [0.4, 0.5) is 0 Å². The van der Waals surface area contributed by atoms with E-state index >= 15 is 0 Å². The maximum absolute atomic E-state index is 12.9. The van der Waals surface area contributed by atoms with Crippen molar-refractivity contribution in [3.05, 3.63) is 29.3 Å². The summed E-state index contributed by atoms with van der Waals surface area (Å²) in [6, 6.07) is 5.44. The third-order valence-electron chi connectivity index (χ3n) is 5.05. The number of carbonyl (C=O) groups excluding carboxylic acids is 1. The number of aliphatic hydroxyl groups excluding tert-OH is 1. The molecular formula is C20H32N2O3. The van der Waals surface area contributed by atoms with E-state index in [0.29, 0.717) is 24.1 Å². The van der Waals surface area contributed by atoms with Crippen LogP contribution < -0.4 is 5.32 Å². The molecule has 0 saturated carbocycles. The SMILES string of the molecule is Cc1cccc(CNC(CC(C)C)C(=O)N2CCC(CO)CC2)c1O. The average molecular weight is 348 g/mol. The number of aromatic hydroxyl groups is 1. The molecule has 1 aliphatic rings. The number of likely N-dealkylation sites (tertiary alicyclic amines) is 1. The van der Waals surface area contributed by atoms with Gasteiger partial charge in [-0.2, -0.15) is 0 Å². The largest absolute Gasteiger partial charge is 0.507 e. The van der Waals surface area contributed by atoms with Crippen molar-refractivity contribution >= 4 is 5.91 Å². The Labute approximate surface area is 151 Å². The number of phenols is 1. The van der Waals surface area contributed by atoms with Gasteiger partial charge in [0.05, 0.1) is 6.04 Å². The molecule has 1 aliphatic heterocycles. The summed E-state index contributed by atoms with van der Waals surface area (Å²) in [5, 5.41) is 22.8. The predicted molar refractivity (Wildman–Crippen MR) is 99.3 cm³/mol. The number of para-hydroxylation sites is 1. The van der Waals surface area contributed by atoms with Gasteiger partial charge in [-0.3, -0.25) is 4.79 Å². The summed E-state index contributed by atoms with van der Waals surface area (Å²) in [7, 11) is 0. The molecule has 0 aliphatic carbocycles. The minimum atomic E-state index is -0.245. The summed E-state index contributed by atoms with van der Waals surface area (Å²) in [6.07, 6.45) is 2.51. The molecule has 0 bridgehead atoms. The number of hydrogen-bond donors (Lipinski definition) is 3. The van der Waals surface area contributed by atoms with Gasteiger partial charge in [-0.25, -0.2) is 0 Å². The van der Waals surface area contributed by atoms with Crippen LogP contribution in [-0.4, -0.2) is 46.8 Å². The van der Waals surface area contributed by atoms with Crippen LogP contribution in [0.2, 0.25) is 0 Å². The number of carbonyl (C=O) groups is 1. The number of nitrogens with one attached hydrogen (secondary N) is 1. The molecule has 1 saturated heterocycles. The number of aliphatic hydroxyl groups is 1. The number of phenolic OH excluding ortho intramolecular Hbond substituents is 1. The first-order chi connectivity index (χ1) is 11.9. The van der Waals surface area contributed by atoms with Crippen molar-refractivity contribution in [3.8, 4) is 5.75 Å². The molecule has 0 radical (unpaired) electrons. The zero-order chi connectivity index (χ0) is 18.4. The summed E-state index contributed by atoms with van der Waals surface area (Å²) >= 11 is 0. The van der Waals surface area contributed by atoms with Crippen molar-refractivity contribution in [1.29, 1.82) is 0 Å². The average Bonchev–Trinajstić information content (AvgIpc) is 2.61. The Bertz CT molecular complexity index is 566. The van der Waals surface area contributed by atoms with Gasteiger partial charge in [-0.15, -0.1) is 0 Å². The number of amides is 1. The van der Waals surface area contributed by atoms with Gasteiger partial charge in [-0.05, 0) is 43.6 Å². The Morgan fingerprint density at radius 1 is 1.32 bits per heavy atom. The number of rotatable bonds is 7. The van der Waals surface area contributed by atoms with E-state index in [-0.39, 0.29) is 18.6 Å². The van der Waals surface area contributed by atoms with Crippen LogP contribution in [0.1, 0.15) is 44.2 Å². The first-order valence-electron chi connectivity index (χ1n) is 9.32. The quantitative estimate of drug-likeness (QED) is 0.708. The molecular weight excluding hydrogens is 316 g/mol. The maximum atomic E-state index is 12.9. The van der Waals surface area contributed by atoms with E-state index < -0.39 is 0 Å². The molecule has 1 aromatic carbocycles. The van der Waals surface area contributed by atoms with Gasteiger partial charge in [0.15, 0.2) is 0 Å². The molecule has 5 nitrogen and oxygen atoms in total. The molecule has 5 heteroatoms. The molecule has 0 spiro atoms. The highest BCUT2D eigenvalue weighted by Crippen LogP contribution is 2.22. The Hall–Kier alpha value is -1.59. The van der Waals surface area contributed by atoms with Crippen molar-refractivity contribution in [2.75, 3.05) is 19.7 Å². The van der Waals surface area contributed by atoms with Crippen molar-refractivity contribution in [1.82, 2.24) is 10.2 Å². The first-order valence-corrected chi connectivity index (χ1v) is 9.32. The molecule has 1 fully saturated rings. The van der Waals surface area contributed by atoms with Crippen LogP contribution in [0.25, 0.3) is 0 Å². The fourth-order valence-corrected chi connectivity index (χ4v) is 3.39. The van der Waals surface area contributed by atoms with Gasteiger partial charge in [0.2, 0.25) is 5.91 Å². The van der Waals surface area contributed by atoms with E-state index in [4.69, 9.17) is 0 Å². The second-order valence-electron chi connectivity index (χ2n) is 7.60. The van der Waals surface area contributed by atoms with Crippen molar-refractivity contribution < 1.29 is 15.0 Å². The van der Waals surface area contributed by atoms with Gasteiger partial charge in [0.25, 0.3) is 0 Å². The van der Waals surface area contributed by atoms with Gasteiger partial charge in [0, 0.05) is 31.8 Å². The van der Waals surface area contributed by atoms with E-state index in [1.165, 1.54) is 0 Å². The molecule has 0 aromatic heterocycles. The zero-order valence-corrected chi connectivity index (χ0v) is 15.7. The normalized spacial score (nSPS) is 17.1. The highest BCUT2D eigenvalue weighted by atomic mass is 16.3. The Morgan fingerprint density at radius 3 is 2.60 bits per heavy atom. The van der Waals surface area contributed by atoms with Crippen LogP contribution in [0.5, 0.6) is 5.75 Å². The summed E-state index contributed by atoms with van der Waals surface area (Å²) in [6.45, 7) is 8.23. The van der Waals surface area contributed by atoms with Crippen molar-refractivity contribution in [2.45, 2.75) is 52.6 Å². The van der Waals surface area contributed by atoms with Crippen LogP contribution in [0.3, 0.4) is 0 Å². The minimum absolute atomic E-state index is 0.136. The minimum Gasteiger partial charge on any atom is -0.507 e. The Kier molecular flexibility index (Phi) is 7.26. The van der Waals surface area contributed by atoms with Crippen LogP contribution >= 0.6 is 0 Å². The smallest absolute Gasteiger partial charge is 0.239 e. The van der Waals surface area contributed by atoms with E-state index in [2.05, 4.69) is 19.2 Å². The predicted octanol–water partition coefficient (Wildman–Crippen LogP) is 2.44. The van der Waals surface area contributed by atoms with Crippen molar-refractivity contribution in [3.63, 3.8) is 0 Å². The molecule has 1 atom stereocenters. The fourth-order valence-electron chi connectivity index (χ4n) is 3.39. The number of piperidine rings is 1. The summed E-state index contributed by atoms with van der Waals surface area (Å²) in [4.78, 5) is 14.9. The second kappa shape index (κ2) is 9.20.